The highest BCUT2D eigenvalue weighted by molar-refractivity contribution is 5.84. The first-order valence-electron chi connectivity index (χ1n) is 3.76. The van der Waals surface area contributed by atoms with E-state index >= 15 is 0 Å². The molecule has 0 bridgehead atoms. The molecular formula is C8H14O2. The van der Waals surface area contributed by atoms with Crippen LogP contribution < -0.4 is 0 Å². The van der Waals surface area contributed by atoms with Gasteiger partial charge in [-0.3, -0.25) is 4.79 Å². The van der Waals surface area contributed by atoms with Crippen LogP contribution >= 0.6 is 0 Å². The molecule has 1 N–H and O–H groups in total. The molecule has 1 unspecified atom stereocenters. The Morgan fingerprint density at radius 1 is 1.70 bits per heavy atom. The van der Waals surface area contributed by atoms with E-state index in [1.165, 1.54) is 19.8 Å². The second kappa shape index (κ2) is 2.35. The minimum Gasteiger partial charge on any atom is -0.382 e. The first kappa shape index (κ1) is 7.73. The molecular weight excluding hydrogens is 128 g/mol. The lowest BCUT2D eigenvalue weighted by Gasteiger charge is -2.18. The van der Waals surface area contributed by atoms with E-state index in [4.69, 9.17) is 0 Å². The Morgan fingerprint density at radius 3 is 2.50 bits per heavy atom. The standard InChI is InChI=1S/C8H14O2/c1-6(9)8(2,10)5-7-3-4-7/h7,10H,3-5H2,1-2H3. The molecule has 1 fully saturated rings. The largest absolute Gasteiger partial charge is 0.382 e. The summed E-state index contributed by atoms with van der Waals surface area (Å²) in [6.07, 6.45) is 3.02. The Morgan fingerprint density at radius 2 is 2.20 bits per heavy atom. The molecule has 2 heteroatoms. The molecule has 0 aliphatic heterocycles. The van der Waals surface area contributed by atoms with E-state index in [0.29, 0.717) is 12.3 Å². The summed E-state index contributed by atoms with van der Waals surface area (Å²) >= 11 is 0. The van der Waals surface area contributed by atoms with Crippen LogP contribution in [0.1, 0.15) is 33.1 Å². The highest BCUT2D eigenvalue weighted by atomic mass is 16.3. The van der Waals surface area contributed by atoms with Crippen molar-refractivity contribution in [3.05, 3.63) is 0 Å². The molecule has 0 aromatic rings. The first-order valence-corrected chi connectivity index (χ1v) is 3.76. The monoisotopic (exact) mass is 142 g/mol. The van der Waals surface area contributed by atoms with E-state index in [2.05, 4.69) is 0 Å². The van der Waals surface area contributed by atoms with Gasteiger partial charge in [0, 0.05) is 0 Å². The fourth-order valence-corrected chi connectivity index (χ4v) is 1.03. The van der Waals surface area contributed by atoms with Gasteiger partial charge in [0.15, 0.2) is 5.78 Å². The van der Waals surface area contributed by atoms with Crippen molar-refractivity contribution in [2.24, 2.45) is 5.92 Å². The van der Waals surface area contributed by atoms with Gasteiger partial charge in [-0.15, -0.1) is 0 Å². The SMILES string of the molecule is CC(=O)C(C)(O)CC1CC1. The van der Waals surface area contributed by atoms with Crippen LogP contribution in [0.15, 0.2) is 0 Å². The topological polar surface area (TPSA) is 37.3 Å². The van der Waals surface area contributed by atoms with Crippen molar-refractivity contribution in [3.8, 4) is 0 Å². The number of carbonyl (C=O) groups excluding carboxylic acids is 1. The lowest BCUT2D eigenvalue weighted by molar-refractivity contribution is -0.134. The summed E-state index contributed by atoms with van der Waals surface area (Å²) in [6.45, 7) is 3.05. The molecule has 58 valence electrons. The molecule has 2 nitrogen and oxygen atoms in total. The smallest absolute Gasteiger partial charge is 0.160 e. The van der Waals surface area contributed by atoms with Crippen LogP contribution in [0.25, 0.3) is 0 Å². The number of ketones is 1. The van der Waals surface area contributed by atoms with Crippen molar-refractivity contribution in [2.45, 2.75) is 38.7 Å². The van der Waals surface area contributed by atoms with Gasteiger partial charge in [-0.2, -0.15) is 0 Å². The summed E-state index contributed by atoms with van der Waals surface area (Å²) < 4.78 is 0. The number of aliphatic hydroxyl groups is 1. The Kier molecular flexibility index (Phi) is 1.82. The molecule has 0 amide bonds. The number of hydrogen-bond acceptors (Lipinski definition) is 2. The average Bonchev–Trinajstić information content (AvgIpc) is 2.48. The molecule has 1 atom stereocenters. The zero-order valence-corrected chi connectivity index (χ0v) is 6.55. The molecule has 1 aliphatic carbocycles. The highest BCUT2D eigenvalue weighted by Gasteiger charge is 2.34. The van der Waals surface area contributed by atoms with E-state index in [1.54, 1.807) is 6.92 Å². The molecule has 0 aromatic heterocycles. The maximum atomic E-state index is 10.8. The molecule has 0 saturated heterocycles. The lowest BCUT2D eigenvalue weighted by atomic mass is 9.95. The number of hydrogen-bond donors (Lipinski definition) is 1. The Hall–Kier alpha value is -0.370. The van der Waals surface area contributed by atoms with Gasteiger partial charge in [0.05, 0.1) is 0 Å². The molecule has 1 saturated carbocycles. The second-order valence-electron chi connectivity index (χ2n) is 3.48. The Labute approximate surface area is 61.2 Å². The van der Waals surface area contributed by atoms with E-state index in [9.17, 15) is 9.90 Å². The van der Waals surface area contributed by atoms with Crippen molar-refractivity contribution in [1.82, 2.24) is 0 Å². The zero-order valence-electron chi connectivity index (χ0n) is 6.55. The first-order chi connectivity index (χ1) is 4.52. The van der Waals surface area contributed by atoms with Gasteiger partial charge in [-0.25, -0.2) is 0 Å². The van der Waals surface area contributed by atoms with Crippen LogP contribution in [0.4, 0.5) is 0 Å². The third-order valence-corrected chi connectivity index (χ3v) is 2.14. The van der Waals surface area contributed by atoms with Crippen LogP contribution in [0.3, 0.4) is 0 Å². The molecule has 1 aliphatic rings. The lowest BCUT2D eigenvalue weighted by Crippen LogP contribution is -2.33. The maximum Gasteiger partial charge on any atom is 0.160 e. The van der Waals surface area contributed by atoms with Crippen molar-refractivity contribution in [2.75, 3.05) is 0 Å². The summed E-state index contributed by atoms with van der Waals surface area (Å²) in [5.41, 5.74) is -1.05. The Bertz CT molecular complexity index is 145. The second-order valence-corrected chi connectivity index (χ2v) is 3.48. The van der Waals surface area contributed by atoms with Crippen molar-refractivity contribution >= 4 is 5.78 Å². The third kappa shape index (κ3) is 1.81. The predicted octanol–water partition coefficient (Wildman–Crippen LogP) is 1.13. The quantitative estimate of drug-likeness (QED) is 0.641. The number of Topliss-reactive ketones (excluding diaryl/α,β-unsaturated/α-hetero) is 1. The van der Waals surface area contributed by atoms with Gasteiger partial charge in [-0.1, -0.05) is 12.8 Å². The van der Waals surface area contributed by atoms with Gasteiger partial charge < -0.3 is 5.11 Å². The molecule has 1 rings (SSSR count). The van der Waals surface area contributed by atoms with Gasteiger partial charge in [-0.05, 0) is 26.2 Å². The van der Waals surface area contributed by atoms with Gasteiger partial charge in [0.1, 0.15) is 5.60 Å². The van der Waals surface area contributed by atoms with Gasteiger partial charge in [0.2, 0.25) is 0 Å². The fraction of sp³-hybridized carbons (Fsp3) is 0.875. The zero-order chi connectivity index (χ0) is 7.78. The van der Waals surface area contributed by atoms with E-state index in [0.717, 1.165) is 0 Å². The Balaban J connectivity index is 2.40. The fourth-order valence-electron chi connectivity index (χ4n) is 1.03. The van der Waals surface area contributed by atoms with Crippen LogP contribution in [0.2, 0.25) is 0 Å². The van der Waals surface area contributed by atoms with Gasteiger partial charge in [0.25, 0.3) is 0 Å². The van der Waals surface area contributed by atoms with E-state index in [-0.39, 0.29) is 5.78 Å². The van der Waals surface area contributed by atoms with Crippen molar-refractivity contribution in [1.29, 1.82) is 0 Å². The maximum absolute atomic E-state index is 10.8. The minimum absolute atomic E-state index is 0.112. The van der Waals surface area contributed by atoms with Gasteiger partial charge >= 0.3 is 0 Å². The van der Waals surface area contributed by atoms with Crippen LogP contribution in [0.5, 0.6) is 0 Å². The van der Waals surface area contributed by atoms with Crippen molar-refractivity contribution < 1.29 is 9.90 Å². The number of carbonyl (C=O) groups is 1. The minimum atomic E-state index is -1.05. The van der Waals surface area contributed by atoms with Crippen LogP contribution in [0, 0.1) is 5.92 Å². The average molecular weight is 142 g/mol. The molecule has 0 radical (unpaired) electrons. The summed E-state index contributed by atoms with van der Waals surface area (Å²) in [5.74, 6) is 0.498. The molecule has 0 heterocycles. The normalized spacial score (nSPS) is 23.9. The summed E-state index contributed by atoms with van der Waals surface area (Å²) in [7, 11) is 0. The summed E-state index contributed by atoms with van der Waals surface area (Å²) in [4.78, 5) is 10.8. The van der Waals surface area contributed by atoms with E-state index < -0.39 is 5.60 Å². The van der Waals surface area contributed by atoms with Crippen LogP contribution in [-0.2, 0) is 4.79 Å². The molecule has 0 spiro atoms. The summed E-state index contributed by atoms with van der Waals surface area (Å²) in [6, 6.07) is 0. The number of rotatable bonds is 3. The highest BCUT2D eigenvalue weighted by Crippen LogP contribution is 2.36. The third-order valence-electron chi connectivity index (χ3n) is 2.14. The van der Waals surface area contributed by atoms with Crippen LogP contribution in [-0.4, -0.2) is 16.5 Å². The molecule has 10 heavy (non-hydrogen) atoms. The molecule has 0 aromatic carbocycles. The predicted molar refractivity (Wildman–Crippen MR) is 38.6 cm³/mol. The summed E-state index contributed by atoms with van der Waals surface area (Å²) in [5, 5.41) is 9.45. The van der Waals surface area contributed by atoms with E-state index in [1.807, 2.05) is 0 Å². The van der Waals surface area contributed by atoms with Crippen molar-refractivity contribution in [3.63, 3.8) is 0 Å².